The van der Waals surface area contributed by atoms with Crippen LogP contribution in [0, 0.1) is 20.8 Å². The zero-order valence-electron chi connectivity index (χ0n) is 11.5. The highest BCUT2D eigenvalue weighted by atomic mass is 32.1. The van der Waals surface area contributed by atoms with E-state index in [9.17, 15) is 4.79 Å². The first kappa shape index (κ1) is 13.7. The monoisotopic (exact) mass is 279 g/mol. The minimum absolute atomic E-state index is 0.119. The van der Waals surface area contributed by atoms with E-state index in [0.29, 0.717) is 18.2 Å². The van der Waals surface area contributed by atoms with Gasteiger partial charge in [-0.3, -0.25) is 4.79 Å². The van der Waals surface area contributed by atoms with Crippen LogP contribution >= 0.6 is 11.3 Å². The Bertz CT molecular complexity index is 622. The lowest BCUT2D eigenvalue weighted by Gasteiger charge is -2.08. The molecule has 2 aromatic rings. The summed E-state index contributed by atoms with van der Waals surface area (Å²) in [6.07, 6.45) is 0. The predicted molar refractivity (Wildman–Crippen MR) is 76.7 cm³/mol. The van der Waals surface area contributed by atoms with Crippen LogP contribution < -0.4 is 5.32 Å². The van der Waals surface area contributed by atoms with Crippen LogP contribution in [0.15, 0.2) is 0 Å². The summed E-state index contributed by atoms with van der Waals surface area (Å²) >= 11 is 1.64. The summed E-state index contributed by atoms with van der Waals surface area (Å²) in [6, 6.07) is 0. The van der Waals surface area contributed by atoms with Crippen LogP contribution in [0.5, 0.6) is 0 Å². The number of aromatic nitrogens is 2. The van der Waals surface area contributed by atoms with Crippen LogP contribution in [0.2, 0.25) is 0 Å². The summed E-state index contributed by atoms with van der Waals surface area (Å²) in [5, 5.41) is 4.05. The van der Waals surface area contributed by atoms with E-state index in [-0.39, 0.29) is 12.5 Å². The van der Waals surface area contributed by atoms with Gasteiger partial charge >= 0.3 is 5.97 Å². The van der Waals surface area contributed by atoms with Crippen molar-refractivity contribution in [3.05, 3.63) is 16.3 Å². The van der Waals surface area contributed by atoms with Crippen LogP contribution in [0.1, 0.15) is 23.2 Å². The maximum absolute atomic E-state index is 11.4. The van der Waals surface area contributed by atoms with Crippen molar-refractivity contribution in [2.45, 2.75) is 27.7 Å². The molecule has 0 saturated heterocycles. The van der Waals surface area contributed by atoms with Crippen LogP contribution in [0.25, 0.3) is 10.2 Å². The lowest BCUT2D eigenvalue weighted by molar-refractivity contribution is -0.140. The molecular weight excluding hydrogens is 262 g/mol. The number of carbonyl (C=O) groups is 1. The molecule has 0 spiro atoms. The number of carbonyl (C=O) groups excluding carboxylic acids is 1. The molecule has 2 heterocycles. The molecule has 0 saturated carbocycles. The fourth-order valence-electron chi connectivity index (χ4n) is 1.85. The number of nitrogens with one attached hydrogen (secondary N) is 1. The average Bonchev–Trinajstić information content (AvgIpc) is 2.62. The Hall–Kier alpha value is -1.69. The van der Waals surface area contributed by atoms with E-state index < -0.39 is 0 Å². The third kappa shape index (κ3) is 2.84. The van der Waals surface area contributed by atoms with Gasteiger partial charge < -0.3 is 10.1 Å². The third-order valence-corrected chi connectivity index (χ3v) is 3.95. The molecule has 0 amide bonds. The van der Waals surface area contributed by atoms with E-state index >= 15 is 0 Å². The Kier molecular flexibility index (Phi) is 3.99. The highest BCUT2D eigenvalue weighted by Crippen LogP contribution is 2.32. The highest BCUT2D eigenvalue weighted by Gasteiger charge is 2.14. The number of rotatable bonds is 4. The topological polar surface area (TPSA) is 64.1 Å². The van der Waals surface area contributed by atoms with Gasteiger partial charge in [-0.2, -0.15) is 0 Å². The molecule has 0 radical (unpaired) electrons. The molecule has 2 aromatic heterocycles. The smallest absolute Gasteiger partial charge is 0.325 e. The van der Waals surface area contributed by atoms with Gasteiger partial charge in [-0.05, 0) is 33.3 Å². The van der Waals surface area contributed by atoms with E-state index in [0.717, 1.165) is 15.8 Å². The first-order valence-corrected chi connectivity index (χ1v) is 6.98. The highest BCUT2D eigenvalue weighted by molar-refractivity contribution is 7.18. The summed E-state index contributed by atoms with van der Waals surface area (Å²) in [4.78, 5) is 22.4. The Labute approximate surface area is 116 Å². The van der Waals surface area contributed by atoms with E-state index in [1.807, 2.05) is 13.8 Å². The molecule has 5 nitrogen and oxygen atoms in total. The summed E-state index contributed by atoms with van der Waals surface area (Å²) in [5.74, 6) is 1.12. The largest absolute Gasteiger partial charge is 0.465 e. The van der Waals surface area contributed by atoms with Gasteiger partial charge in [0.05, 0.1) is 12.0 Å². The summed E-state index contributed by atoms with van der Waals surface area (Å²) in [5.41, 5.74) is 1.16. The Morgan fingerprint density at radius 3 is 2.74 bits per heavy atom. The SMILES string of the molecule is CCOC(=O)CNc1nc(C)nc2sc(C)c(C)c12. The number of hydrogen-bond donors (Lipinski definition) is 1. The van der Waals surface area contributed by atoms with Gasteiger partial charge in [0.2, 0.25) is 0 Å². The van der Waals surface area contributed by atoms with Crippen LogP contribution in [-0.4, -0.2) is 29.1 Å². The molecule has 0 atom stereocenters. The molecular formula is C13H17N3O2S. The first-order chi connectivity index (χ1) is 9.02. The summed E-state index contributed by atoms with van der Waals surface area (Å²) in [6.45, 7) is 8.24. The molecule has 2 rings (SSSR count). The molecule has 0 aliphatic heterocycles. The molecule has 0 aromatic carbocycles. The molecule has 1 N–H and O–H groups in total. The van der Waals surface area contributed by atoms with Crippen molar-refractivity contribution < 1.29 is 9.53 Å². The molecule has 19 heavy (non-hydrogen) atoms. The Morgan fingerprint density at radius 2 is 2.05 bits per heavy atom. The first-order valence-electron chi connectivity index (χ1n) is 6.16. The van der Waals surface area contributed by atoms with Crippen LogP contribution in [0.3, 0.4) is 0 Å². The third-order valence-electron chi connectivity index (χ3n) is 2.85. The van der Waals surface area contributed by atoms with Crippen LogP contribution in [0.4, 0.5) is 5.82 Å². The van der Waals surface area contributed by atoms with Crippen LogP contribution in [-0.2, 0) is 9.53 Å². The van der Waals surface area contributed by atoms with Gasteiger partial charge in [0.1, 0.15) is 23.0 Å². The minimum atomic E-state index is -0.281. The number of aryl methyl sites for hydroxylation is 3. The summed E-state index contributed by atoms with van der Waals surface area (Å²) < 4.78 is 4.90. The normalized spacial score (nSPS) is 10.7. The molecule has 0 aliphatic carbocycles. The molecule has 102 valence electrons. The number of fused-ring (bicyclic) bond motifs is 1. The van der Waals surface area contributed by atoms with Gasteiger partial charge in [0, 0.05) is 4.88 Å². The second-order valence-electron chi connectivity index (χ2n) is 4.24. The fraction of sp³-hybridized carbons (Fsp3) is 0.462. The number of anilines is 1. The fourth-order valence-corrected chi connectivity index (χ4v) is 2.93. The maximum atomic E-state index is 11.4. The standard InChI is InChI=1S/C13H17N3O2S/c1-5-18-10(17)6-14-12-11-7(2)8(3)19-13(11)16-9(4)15-12/h5-6H2,1-4H3,(H,14,15,16). The van der Waals surface area contributed by atoms with Crippen molar-refractivity contribution >= 4 is 33.3 Å². The maximum Gasteiger partial charge on any atom is 0.325 e. The Morgan fingerprint density at radius 1 is 1.32 bits per heavy atom. The number of hydrogen-bond acceptors (Lipinski definition) is 6. The van der Waals surface area contributed by atoms with E-state index in [1.165, 1.54) is 4.88 Å². The van der Waals surface area contributed by atoms with Crippen molar-refractivity contribution in [2.24, 2.45) is 0 Å². The van der Waals surface area contributed by atoms with Crippen molar-refractivity contribution in [1.82, 2.24) is 9.97 Å². The second kappa shape index (κ2) is 5.52. The van der Waals surface area contributed by atoms with Crippen molar-refractivity contribution in [3.8, 4) is 0 Å². The number of nitrogens with zero attached hydrogens (tertiary/aromatic N) is 2. The summed E-state index contributed by atoms with van der Waals surface area (Å²) in [7, 11) is 0. The molecule has 0 fully saturated rings. The van der Waals surface area contributed by atoms with Crippen molar-refractivity contribution in [2.75, 3.05) is 18.5 Å². The van der Waals surface area contributed by atoms with E-state index in [1.54, 1.807) is 18.3 Å². The molecule has 0 unspecified atom stereocenters. The molecule has 6 heteroatoms. The number of esters is 1. The molecule has 0 aliphatic rings. The lowest BCUT2D eigenvalue weighted by atomic mass is 10.2. The van der Waals surface area contributed by atoms with E-state index in [2.05, 4.69) is 22.2 Å². The zero-order chi connectivity index (χ0) is 14.0. The number of thiophene rings is 1. The Balaban J connectivity index is 2.33. The minimum Gasteiger partial charge on any atom is -0.465 e. The lowest BCUT2D eigenvalue weighted by Crippen LogP contribution is -2.17. The molecule has 0 bridgehead atoms. The predicted octanol–water partition coefficient (Wildman–Crippen LogP) is 2.59. The second-order valence-corrected chi connectivity index (χ2v) is 5.44. The van der Waals surface area contributed by atoms with Gasteiger partial charge in [-0.25, -0.2) is 9.97 Å². The quantitative estimate of drug-likeness (QED) is 0.871. The van der Waals surface area contributed by atoms with E-state index in [4.69, 9.17) is 4.74 Å². The van der Waals surface area contributed by atoms with Gasteiger partial charge in [0.15, 0.2) is 0 Å². The van der Waals surface area contributed by atoms with Crippen molar-refractivity contribution in [3.63, 3.8) is 0 Å². The number of ether oxygens (including phenoxy) is 1. The van der Waals surface area contributed by atoms with Gasteiger partial charge in [-0.1, -0.05) is 0 Å². The van der Waals surface area contributed by atoms with Gasteiger partial charge in [0.25, 0.3) is 0 Å². The van der Waals surface area contributed by atoms with Gasteiger partial charge in [-0.15, -0.1) is 11.3 Å². The van der Waals surface area contributed by atoms with Crippen molar-refractivity contribution in [1.29, 1.82) is 0 Å². The zero-order valence-corrected chi connectivity index (χ0v) is 12.3. The average molecular weight is 279 g/mol.